The van der Waals surface area contributed by atoms with E-state index in [1.807, 2.05) is 0 Å². The molecule has 1 aromatic rings. The molecule has 0 aromatic heterocycles. The first-order chi connectivity index (χ1) is 6.65. The van der Waals surface area contributed by atoms with Gasteiger partial charge in [0.1, 0.15) is 5.75 Å². The van der Waals surface area contributed by atoms with Crippen LogP contribution in [-0.4, -0.2) is 13.5 Å². The van der Waals surface area contributed by atoms with Crippen LogP contribution in [0.1, 0.15) is 18.0 Å². The molecule has 1 aromatic carbocycles. The minimum Gasteiger partial charge on any atom is -0.496 e. The molecule has 0 heterocycles. The second-order valence-corrected chi connectivity index (χ2v) is 2.98. The summed E-state index contributed by atoms with van der Waals surface area (Å²) in [6, 6.07) is 6.26. The van der Waals surface area contributed by atoms with Crippen molar-refractivity contribution in [3.63, 3.8) is 0 Å². The van der Waals surface area contributed by atoms with E-state index in [1.54, 1.807) is 24.3 Å². The third kappa shape index (κ3) is 2.67. The van der Waals surface area contributed by atoms with Crippen LogP contribution in [-0.2, 0) is 0 Å². The molecule has 4 heteroatoms. The smallest absolute Gasteiger partial charge is 0.240 e. The van der Waals surface area contributed by atoms with E-state index in [-0.39, 0.29) is 6.42 Å². The summed E-state index contributed by atoms with van der Waals surface area (Å²) in [5, 5.41) is 0. The van der Waals surface area contributed by atoms with E-state index in [0.717, 1.165) is 0 Å². The van der Waals surface area contributed by atoms with Gasteiger partial charge in [-0.1, -0.05) is 18.2 Å². The zero-order valence-electron chi connectivity index (χ0n) is 7.91. The van der Waals surface area contributed by atoms with E-state index in [1.165, 1.54) is 7.11 Å². The molecule has 0 saturated heterocycles. The van der Waals surface area contributed by atoms with Gasteiger partial charge in [0.2, 0.25) is 6.43 Å². The monoisotopic (exact) mass is 201 g/mol. The summed E-state index contributed by atoms with van der Waals surface area (Å²) >= 11 is 0. The number of hydrogen-bond donors (Lipinski definition) is 1. The van der Waals surface area contributed by atoms with Crippen LogP contribution in [0, 0.1) is 0 Å². The molecule has 0 fully saturated rings. The van der Waals surface area contributed by atoms with E-state index in [0.29, 0.717) is 11.3 Å². The Balaban J connectivity index is 2.82. The molecule has 0 unspecified atom stereocenters. The summed E-state index contributed by atoms with van der Waals surface area (Å²) in [5.74, 6) is 0.556. The number of ether oxygens (including phenoxy) is 1. The zero-order valence-corrected chi connectivity index (χ0v) is 7.91. The lowest BCUT2D eigenvalue weighted by Crippen LogP contribution is -2.14. The molecular weight excluding hydrogens is 188 g/mol. The van der Waals surface area contributed by atoms with E-state index in [9.17, 15) is 8.78 Å². The Labute approximate surface area is 81.7 Å². The number of rotatable bonds is 4. The Morgan fingerprint density at radius 1 is 1.36 bits per heavy atom. The molecule has 0 amide bonds. The fourth-order valence-electron chi connectivity index (χ4n) is 1.29. The van der Waals surface area contributed by atoms with Crippen molar-refractivity contribution in [2.45, 2.75) is 18.9 Å². The number of nitrogens with two attached hydrogens (primary N) is 1. The minimum absolute atomic E-state index is 0.347. The van der Waals surface area contributed by atoms with Crippen molar-refractivity contribution < 1.29 is 13.5 Å². The molecule has 1 rings (SSSR count). The molecule has 0 aliphatic carbocycles. The number of halogens is 2. The third-order valence-electron chi connectivity index (χ3n) is 1.97. The van der Waals surface area contributed by atoms with Gasteiger partial charge in [0.15, 0.2) is 0 Å². The van der Waals surface area contributed by atoms with Crippen LogP contribution in [0.25, 0.3) is 0 Å². The second-order valence-electron chi connectivity index (χ2n) is 2.98. The van der Waals surface area contributed by atoms with Crippen LogP contribution in [0.5, 0.6) is 5.75 Å². The number of methoxy groups -OCH3 is 1. The number of alkyl halides is 2. The van der Waals surface area contributed by atoms with Crippen LogP contribution in [0.2, 0.25) is 0 Å². The molecular formula is C10H13F2NO. The Bertz CT molecular complexity index is 291. The molecule has 2 N–H and O–H groups in total. The van der Waals surface area contributed by atoms with Crippen molar-refractivity contribution in [1.82, 2.24) is 0 Å². The average molecular weight is 201 g/mol. The van der Waals surface area contributed by atoms with Crippen LogP contribution >= 0.6 is 0 Å². The van der Waals surface area contributed by atoms with Gasteiger partial charge in [0, 0.05) is 18.0 Å². The Kier molecular flexibility index (Phi) is 3.83. The lowest BCUT2D eigenvalue weighted by Gasteiger charge is -2.14. The zero-order chi connectivity index (χ0) is 10.6. The maximum absolute atomic E-state index is 12.1. The van der Waals surface area contributed by atoms with Crippen molar-refractivity contribution in [3.05, 3.63) is 29.8 Å². The fraction of sp³-hybridized carbons (Fsp3) is 0.400. The minimum atomic E-state index is -2.39. The molecule has 1 atom stereocenters. The van der Waals surface area contributed by atoms with Crippen molar-refractivity contribution >= 4 is 0 Å². The van der Waals surface area contributed by atoms with Gasteiger partial charge in [-0.2, -0.15) is 0 Å². The Morgan fingerprint density at radius 2 is 2.00 bits per heavy atom. The number of hydrogen-bond acceptors (Lipinski definition) is 2. The van der Waals surface area contributed by atoms with E-state index < -0.39 is 12.5 Å². The molecule has 78 valence electrons. The normalized spacial score (nSPS) is 12.9. The lowest BCUT2D eigenvalue weighted by molar-refractivity contribution is 0.128. The standard InChI is InChI=1S/C10H13F2NO/c1-14-9-5-3-2-4-7(9)8(13)6-10(11)12/h2-5,8,10H,6,13H2,1H3/t8-/m1/s1. The summed E-state index contributed by atoms with van der Waals surface area (Å²) in [6.45, 7) is 0. The SMILES string of the molecule is COc1ccccc1[C@H](N)CC(F)F. The summed E-state index contributed by atoms with van der Waals surface area (Å²) in [6.07, 6.45) is -2.74. The van der Waals surface area contributed by atoms with Gasteiger partial charge < -0.3 is 10.5 Å². The van der Waals surface area contributed by atoms with Crippen molar-refractivity contribution in [2.75, 3.05) is 7.11 Å². The highest BCUT2D eigenvalue weighted by atomic mass is 19.3. The molecule has 0 saturated carbocycles. The molecule has 2 nitrogen and oxygen atoms in total. The van der Waals surface area contributed by atoms with Gasteiger partial charge in [0.25, 0.3) is 0 Å². The predicted octanol–water partition coefficient (Wildman–Crippen LogP) is 2.35. The molecule has 0 radical (unpaired) electrons. The highest BCUT2D eigenvalue weighted by Gasteiger charge is 2.15. The molecule has 0 aliphatic heterocycles. The van der Waals surface area contributed by atoms with E-state index in [4.69, 9.17) is 10.5 Å². The van der Waals surface area contributed by atoms with Crippen molar-refractivity contribution in [3.8, 4) is 5.75 Å². The molecule has 0 spiro atoms. The summed E-state index contributed by atoms with van der Waals surface area (Å²) in [7, 11) is 1.49. The largest absolute Gasteiger partial charge is 0.496 e. The predicted molar refractivity (Wildman–Crippen MR) is 50.5 cm³/mol. The van der Waals surface area contributed by atoms with Crippen LogP contribution in [0.4, 0.5) is 8.78 Å². The number of para-hydroxylation sites is 1. The maximum atomic E-state index is 12.1. The Hall–Kier alpha value is -1.16. The van der Waals surface area contributed by atoms with Crippen LogP contribution < -0.4 is 10.5 Å². The lowest BCUT2D eigenvalue weighted by atomic mass is 10.0. The molecule has 0 bridgehead atoms. The Morgan fingerprint density at radius 3 is 2.57 bits per heavy atom. The van der Waals surface area contributed by atoms with Crippen molar-refractivity contribution in [2.24, 2.45) is 5.73 Å². The second kappa shape index (κ2) is 4.91. The number of benzene rings is 1. The summed E-state index contributed by atoms with van der Waals surface area (Å²) < 4.78 is 29.2. The van der Waals surface area contributed by atoms with Crippen LogP contribution in [0.3, 0.4) is 0 Å². The third-order valence-corrected chi connectivity index (χ3v) is 1.97. The highest BCUT2D eigenvalue weighted by Crippen LogP contribution is 2.26. The van der Waals surface area contributed by atoms with Gasteiger partial charge >= 0.3 is 0 Å². The van der Waals surface area contributed by atoms with Gasteiger partial charge in [0.05, 0.1) is 7.11 Å². The molecule has 14 heavy (non-hydrogen) atoms. The van der Waals surface area contributed by atoms with Crippen molar-refractivity contribution in [1.29, 1.82) is 0 Å². The summed E-state index contributed by atoms with van der Waals surface area (Å²) in [5.41, 5.74) is 6.23. The maximum Gasteiger partial charge on any atom is 0.240 e. The van der Waals surface area contributed by atoms with E-state index in [2.05, 4.69) is 0 Å². The van der Waals surface area contributed by atoms with Gasteiger partial charge in [-0.05, 0) is 6.07 Å². The highest BCUT2D eigenvalue weighted by molar-refractivity contribution is 5.35. The van der Waals surface area contributed by atoms with Gasteiger partial charge in [-0.3, -0.25) is 0 Å². The van der Waals surface area contributed by atoms with E-state index >= 15 is 0 Å². The average Bonchev–Trinajstić information content (AvgIpc) is 2.16. The van der Waals surface area contributed by atoms with Crippen LogP contribution in [0.15, 0.2) is 24.3 Å². The first-order valence-electron chi connectivity index (χ1n) is 4.31. The first kappa shape index (κ1) is 10.9. The van der Waals surface area contributed by atoms with Gasteiger partial charge in [-0.15, -0.1) is 0 Å². The van der Waals surface area contributed by atoms with Gasteiger partial charge in [-0.25, -0.2) is 8.78 Å². The first-order valence-corrected chi connectivity index (χ1v) is 4.31. The summed E-state index contributed by atoms with van der Waals surface area (Å²) in [4.78, 5) is 0. The fourth-order valence-corrected chi connectivity index (χ4v) is 1.29. The quantitative estimate of drug-likeness (QED) is 0.811. The molecule has 0 aliphatic rings. The topological polar surface area (TPSA) is 35.2 Å².